The van der Waals surface area contributed by atoms with Crippen LogP contribution in [0.4, 0.5) is 0 Å². The van der Waals surface area contributed by atoms with Gasteiger partial charge in [0.1, 0.15) is 11.9 Å². The molecule has 1 aliphatic rings. The van der Waals surface area contributed by atoms with Crippen LogP contribution >= 0.6 is 12.4 Å². The largest absolute Gasteiger partial charge is 0.489 e. The minimum Gasteiger partial charge on any atom is -0.489 e. The van der Waals surface area contributed by atoms with Crippen molar-refractivity contribution in [2.24, 2.45) is 0 Å². The van der Waals surface area contributed by atoms with Crippen molar-refractivity contribution in [3.05, 3.63) is 65.7 Å². The lowest BCUT2D eigenvalue weighted by molar-refractivity contribution is 0.223. The van der Waals surface area contributed by atoms with Gasteiger partial charge >= 0.3 is 0 Å². The highest BCUT2D eigenvalue weighted by Crippen LogP contribution is 2.18. The van der Waals surface area contributed by atoms with Gasteiger partial charge in [0.2, 0.25) is 0 Å². The molecule has 0 spiro atoms. The van der Waals surface area contributed by atoms with Crippen molar-refractivity contribution in [1.82, 2.24) is 5.32 Å². The van der Waals surface area contributed by atoms with E-state index in [1.807, 2.05) is 0 Å². The van der Waals surface area contributed by atoms with Gasteiger partial charge in [0.05, 0.1) is 0 Å². The lowest BCUT2D eigenvalue weighted by atomic mass is 10.1. The third-order valence-electron chi connectivity index (χ3n) is 3.49. The molecule has 0 aliphatic carbocycles. The van der Waals surface area contributed by atoms with Crippen LogP contribution in [0.2, 0.25) is 0 Å². The average molecular weight is 290 g/mol. The highest BCUT2D eigenvalue weighted by Gasteiger charge is 2.15. The van der Waals surface area contributed by atoms with Crippen molar-refractivity contribution < 1.29 is 4.74 Å². The molecule has 0 radical (unpaired) electrons. The molecule has 1 fully saturated rings. The summed E-state index contributed by atoms with van der Waals surface area (Å²) in [6.07, 6.45) is 2.41. The van der Waals surface area contributed by atoms with E-state index in [4.69, 9.17) is 4.74 Å². The number of nitrogens with one attached hydrogen (secondary N) is 1. The van der Waals surface area contributed by atoms with E-state index in [9.17, 15) is 0 Å². The summed E-state index contributed by atoms with van der Waals surface area (Å²) in [5, 5.41) is 3.31. The lowest BCUT2D eigenvalue weighted by Gasteiger charge is -2.12. The maximum Gasteiger partial charge on any atom is 0.119 e. The Morgan fingerprint density at radius 3 is 2.30 bits per heavy atom. The number of rotatable bonds is 4. The standard InChI is InChI=1S/C17H19NO.ClH/c1-2-4-14(5-3-1)12-15-6-8-16(9-7-15)19-17-10-11-18-13-17;/h1-9,17-18H,10-13H2;1H/t17-;/m1./s1. The number of hydrogen-bond donors (Lipinski definition) is 1. The Labute approximate surface area is 126 Å². The van der Waals surface area contributed by atoms with Crippen molar-refractivity contribution in [2.45, 2.75) is 18.9 Å². The molecule has 106 valence electrons. The van der Waals surface area contributed by atoms with Crippen LogP contribution in [0.25, 0.3) is 0 Å². The van der Waals surface area contributed by atoms with E-state index in [0.717, 1.165) is 31.7 Å². The molecule has 1 N–H and O–H groups in total. The molecule has 2 aromatic carbocycles. The minimum atomic E-state index is 0. The second kappa shape index (κ2) is 7.32. The summed E-state index contributed by atoms with van der Waals surface area (Å²) in [6.45, 7) is 2.03. The summed E-state index contributed by atoms with van der Waals surface area (Å²) in [5.41, 5.74) is 2.67. The Hall–Kier alpha value is -1.51. The van der Waals surface area contributed by atoms with Gasteiger partial charge in [-0.2, -0.15) is 0 Å². The van der Waals surface area contributed by atoms with Crippen LogP contribution in [-0.4, -0.2) is 19.2 Å². The van der Waals surface area contributed by atoms with Gasteiger partial charge in [-0.05, 0) is 42.6 Å². The Morgan fingerprint density at radius 2 is 1.65 bits per heavy atom. The smallest absolute Gasteiger partial charge is 0.119 e. The normalized spacial score (nSPS) is 17.5. The number of ether oxygens (including phenoxy) is 1. The Bertz CT molecular complexity index is 506. The van der Waals surface area contributed by atoms with Crippen molar-refractivity contribution in [3.8, 4) is 5.75 Å². The van der Waals surface area contributed by atoms with E-state index in [0.29, 0.717) is 6.10 Å². The molecule has 3 heteroatoms. The Balaban J connectivity index is 0.00000147. The average Bonchev–Trinajstić information content (AvgIpc) is 2.95. The summed E-state index contributed by atoms with van der Waals surface area (Å²) in [7, 11) is 0. The summed E-state index contributed by atoms with van der Waals surface area (Å²) in [4.78, 5) is 0. The molecule has 0 saturated carbocycles. The van der Waals surface area contributed by atoms with E-state index in [1.54, 1.807) is 0 Å². The first kappa shape index (κ1) is 14.9. The summed E-state index contributed by atoms with van der Waals surface area (Å²) in [5.74, 6) is 0.977. The molecule has 1 atom stereocenters. The first-order chi connectivity index (χ1) is 9.40. The zero-order chi connectivity index (χ0) is 12.9. The fourth-order valence-electron chi connectivity index (χ4n) is 2.44. The van der Waals surface area contributed by atoms with E-state index < -0.39 is 0 Å². The Morgan fingerprint density at radius 1 is 0.950 bits per heavy atom. The van der Waals surface area contributed by atoms with Gasteiger partial charge in [0.15, 0.2) is 0 Å². The molecule has 0 amide bonds. The first-order valence-electron chi connectivity index (χ1n) is 6.90. The van der Waals surface area contributed by atoms with Gasteiger partial charge in [-0.15, -0.1) is 12.4 Å². The molecule has 0 aromatic heterocycles. The van der Waals surface area contributed by atoms with E-state index in [1.165, 1.54) is 11.1 Å². The first-order valence-corrected chi connectivity index (χ1v) is 6.90. The monoisotopic (exact) mass is 289 g/mol. The van der Waals surface area contributed by atoms with E-state index >= 15 is 0 Å². The zero-order valence-electron chi connectivity index (χ0n) is 11.4. The number of halogens is 1. The molecule has 0 bridgehead atoms. The summed E-state index contributed by atoms with van der Waals surface area (Å²) in [6, 6.07) is 19.0. The lowest BCUT2D eigenvalue weighted by Crippen LogP contribution is -2.19. The predicted molar refractivity (Wildman–Crippen MR) is 84.8 cm³/mol. The SMILES string of the molecule is Cl.c1ccc(Cc2ccc(O[C@@H]3CCNC3)cc2)cc1. The third kappa shape index (κ3) is 3.99. The fourth-order valence-corrected chi connectivity index (χ4v) is 2.44. The van der Waals surface area contributed by atoms with Crippen LogP contribution in [0.3, 0.4) is 0 Å². The summed E-state index contributed by atoms with van der Waals surface area (Å²) >= 11 is 0. The molecule has 0 unspecified atom stereocenters. The van der Waals surface area contributed by atoms with Crippen LogP contribution in [0.5, 0.6) is 5.75 Å². The zero-order valence-corrected chi connectivity index (χ0v) is 12.2. The van der Waals surface area contributed by atoms with Crippen molar-refractivity contribution in [2.75, 3.05) is 13.1 Å². The predicted octanol–water partition coefficient (Wildman–Crippen LogP) is 3.44. The van der Waals surface area contributed by atoms with Crippen molar-refractivity contribution in [3.63, 3.8) is 0 Å². The van der Waals surface area contributed by atoms with Gasteiger partial charge in [-0.25, -0.2) is 0 Å². The fraction of sp³-hybridized carbons (Fsp3) is 0.294. The molecule has 3 rings (SSSR count). The molecule has 20 heavy (non-hydrogen) atoms. The molecule has 2 nitrogen and oxygen atoms in total. The molecule has 1 saturated heterocycles. The number of hydrogen-bond acceptors (Lipinski definition) is 2. The highest BCUT2D eigenvalue weighted by atomic mass is 35.5. The van der Waals surface area contributed by atoms with E-state index in [2.05, 4.69) is 59.9 Å². The maximum absolute atomic E-state index is 5.92. The van der Waals surface area contributed by atoms with Gasteiger partial charge in [-0.1, -0.05) is 42.5 Å². The van der Waals surface area contributed by atoms with Gasteiger partial charge in [0, 0.05) is 6.54 Å². The maximum atomic E-state index is 5.92. The van der Waals surface area contributed by atoms with Crippen LogP contribution in [0.15, 0.2) is 54.6 Å². The Kier molecular flexibility index (Phi) is 5.45. The summed E-state index contributed by atoms with van der Waals surface area (Å²) < 4.78 is 5.92. The quantitative estimate of drug-likeness (QED) is 0.931. The van der Waals surface area contributed by atoms with Crippen LogP contribution in [-0.2, 0) is 6.42 Å². The molecular weight excluding hydrogens is 270 g/mol. The van der Waals surface area contributed by atoms with E-state index in [-0.39, 0.29) is 12.4 Å². The molecule has 1 heterocycles. The molecule has 2 aromatic rings. The van der Waals surface area contributed by atoms with Gasteiger partial charge < -0.3 is 10.1 Å². The van der Waals surface area contributed by atoms with Crippen LogP contribution in [0, 0.1) is 0 Å². The van der Waals surface area contributed by atoms with Crippen LogP contribution in [0.1, 0.15) is 17.5 Å². The number of benzene rings is 2. The van der Waals surface area contributed by atoms with Crippen LogP contribution < -0.4 is 10.1 Å². The van der Waals surface area contributed by atoms with Crippen molar-refractivity contribution >= 4 is 12.4 Å². The second-order valence-electron chi connectivity index (χ2n) is 5.04. The molecular formula is C17H20ClNO. The minimum absolute atomic E-state index is 0. The van der Waals surface area contributed by atoms with Gasteiger partial charge in [-0.3, -0.25) is 0 Å². The van der Waals surface area contributed by atoms with Gasteiger partial charge in [0.25, 0.3) is 0 Å². The van der Waals surface area contributed by atoms with Crippen molar-refractivity contribution in [1.29, 1.82) is 0 Å². The molecule has 1 aliphatic heterocycles. The topological polar surface area (TPSA) is 21.3 Å². The third-order valence-corrected chi connectivity index (χ3v) is 3.49. The highest BCUT2D eigenvalue weighted by molar-refractivity contribution is 5.85. The second-order valence-corrected chi connectivity index (χ2v) is 5.04.